The number of halogens is 1. The Morgan fingerprint density at radius 2 is 1.59 bits per heavy atom. The molecular weight excluding hydrogens is 371 g/mol. The van der Waals surface area contributed by atoms with Crippen LogP contribution in [0, 0.1) is 5.82 Å². The summed E-state index contributed by atoms with van der Waals surface area (Å²) in [6.45, 7) is 4.04. The molecule has 1 atom stereocenters. The first-order chi connectivity index (χ1) is 14.0. The molecule has 2 heterocycles. The molecule has 1 unspecified atom stereocenters. The molecule has 0 bridgehead atoms. The van der Waals surface area contributed by atoms with Gasteiger partial charge in [0.25, 0.3) is 0 Å². The number of likely N-dealkylation sites (N-methyl/N-ethyl adjacent to an activating group) is 1. The van der Waals surface area contributed by atoms with Gasteiger partial charge in [0.2, 0.25) is 11.8 Å². The van der Waals surface area contributed by atoms with E-state index in [-0.39, 0.29) is 17.6 Å². The van der Waals surface area contributed by atoms with Crippen LogP contribution in [0.3, 0.4) is 0 Å². The smallest absolute Gasteiger partial charge is 0.247 e. The predicted octanol–water partition coefficient (Wildman–Crippen LogP) is 2.71. The van der Waals surface area contributed by atoms with Crippen molar-refractivity contribution in [2.75, 3.05) is 48.3 Å². The standard InChI is InChI=1S/C22H25FN4O2/c1-25-12-14-26(15-13-25)18-8-4-17(5-9-18)24-22(29)20-10-11-21(28)27(20)19-6-2-16(23)3-7-19/h2-9,20H,10-15H2,1H3,(H,24,29). The van der Waals surface area contributed by atoms with Gasteiger partial charge >= 0.3 is 0 Å². The maximum absolute atomic E-state index is 13.2. The molecule has 0 spiro atoms. The summed E-state index contributed by atoms with van der Waals surface area (Å²) in [5.74, 6) is -0.725. The summed E-state index contributed by atoms with van der Waals surface area (Å²) in [5.41, 5.74) is 2.38. The third kappa shape index (κ3) is 4.24. The Morgan fingerprint density at radius 1 is 0.966 bits per heavy atom. The van der Waals surface area contributed by atoms with E-state index in [0.717, 1.165) is 31.9 Å². The molecule has 0 aliphatic carbocycles. The van der Waals surface area contributed by atoms with E-state index in [1.165, 1.54) is 29.2 Å². The number of nitrogens with zero attached hydrogens (tertiary/aromatic N) is 3. The van der Waals surface area contributed by atoms with Gasteiger partial charge in [-0.2, -0.15) is 0 Å². The third-order valence-electron chi connectivity index (χ3n) is 5.62. The monoisotopic (exact) mass is 396 g/mol. The fourth-order valence-corrected chi connectivity index (χ4v) is 3.90. The van der Waals surface area contributed by atoms with Crippen molar-refractivity contribution in [2.45, 2.75) is 18.9 Å². The summed E-state index contributed by atoms with van der Waals surface area (Å²) in [4.78, 5) is 31.3. The van der Waals surface area contributed by atoms with Crippen molar-refractivity contribution in [2.24, 2.45) is 0 Å². The van der Waals surface area contributed by atoms with Crippen molar-refractivity contribution in [1.29, 1.82) is 0 Å². The number of carbonyl (C=O) groups excluding carboxylic acids is 2. The Labute approximate surface area is 169 Å². The Bertz CT molecular complexity index is 877. The Morgan fingerprint density at radius 3 is 2.24 bits per heavy atom. The van der Waals surface area contributed by atoms with Gasteiger partial charge in [-0.1, -0.05) is 0 Å². The first-order valence-electron chi connectivity index (χ1n) is 9.93. The van der Waals surface area contributed by atoms with E-state index in [1.54, 1.807) is 0 Å². The molecule has 0 aromatic heterocycles. The van der Waals surface area contributed by atoms with Gasteiger partial charge in [0.05, 0.1) is 0 Å². The van der Waals surface area contributed by atoms with E-state index in [4.69, 9.17) is 0 Å². The minimum Gasteiger partial charge on any atom is -0.369 e. The highest BCUT2D eigenvalue weighted by Crippen LogP contribution is 2.28. The highest BCUT2D eigenvalue weighted by Gasteiger charge is 2.37. The van der Waals surface area contributed by atoms with Crippen LogP contribution in [-0.4, -0.2) is 56.0 Å². The molecule has 2 aromatic rings. The van der Waals surface area contributed by atoms with Crippen molar-refractivity contribution in [1.82, 2.24) is 4.90 Å². The zero-order valence-electron chi connectivity index (χ0n) is 16.5. The molecule has 2 amide bonds. The highest BCUT2D eigenvalue weighted by molar-refractivity contribution is 6.07. The number of carbonyl (C=O) groups is 2. The van der Waals surface area contributed by atoms with Crippen molar-refractivity contribution in [3.63, 3.8) is 0 Å². The fraction of sp³-hybridized carbons (Fsp3) is 0.364. The molecule has 7 heteroatoms. The lowest BCUT2D eigenvalue weighted by Crippen LogP contribution is -2.44. The van der Waals surface area contributed by atoms with Gasteiger partial charge in [0.1, 0.15) is 11.9 Å². The van der Waals surface area contributed by atoms with Crippen LogP contribution in [0.2, 0.25) is 0 Å². The molecule has 4 rings (SSSR count). The van der Waals surface area contributed by atoms with Gasteiger partial charge in [-0.05, 0) is 62.0 Å². The van der Waals surface area contributed by atoms with Gasteiger partial charge < -0.3 is 15.1 Å². The fourth-order valence-electron chi connectivity index (χ4n) is 3.90. The van der Waals surface area contributed by atoms with Crippen LogP contribution in [0.4, 0.5) is 21.5 Å². The molecule has 2 fully saturated rings. The molecule has 152 valence electrons. The zero-order chi connectivity index (χ0) is 20.4. The quantitative estimate of drug-likeness (QED) is 0.864. The third-order valence-corrected chi connectivity index (χ3v) is 5.62. The zero-order valence-corrected chi connectivity index (χ0v) is 16.5. The molecule has 0 saturated carbocycles. The van der Waals surface area contributed by atoms with Crippen LogP contribution in [0.15, 0.2) is 48.5 Å². The van der Waals surface area contributed by atoms with Crippen LogP contribution >= 0.6 is 0 Å². The van der Waals surface area contributed by atoms with Gasteiger partial charge in [0, 0.05) is 49.7 Å². The summed E-state index contributed by atoms with van der Waals surface area (Å²) in [5, 5.41) is 2.92. The lowest BCUT2D eigenvalue weighted by atomic mass is 10.1. The van der Waals surface area contributed by atoms with E-state index in [9.17, 15) is 14.0 Å². The second kappa shape index (κ2) is 8.21. The Kier molecular flexibility index (Phi) is 5.49. The second-order valence-corrected chi connectivity index (χ2v) is 7.62. The average molecular weight is 396 g/mol. The van der Waals surface area contributed by atoms with Crippen molar-refractivity contribution < 1.29 is 14.0 Å². The maximum atomic E-state index is 13.2. The van der Waals surface area contributed by atoms with Crippen molar-refractivity contribution >= 4 is 28.9 Å². The lowest BCUT2D eigenvalue weighted by Gasteiger charge is -2.34. The normalized spacial score (nSPS) is 20.2. The number of hydrogen-bond donors (Lipinski definition) is 1. The number of amides is 2. The SMILES string of the molecule is CN1CCN(c2ccc(NC(=O)C3CCC(=O)N3c3ccc(F)cc3)cc2)CC1. The van der Waals surface area contributed by atoms with Gasteiger partial charge in [-0.15, -0.1) is 0 Å². The van der Waals surface area contributed by atoms with Crippen LogP contribution in [0.5, 0.6) is 0 Å². The van der Waals surface area contributed by atoms with E-state index >= 15 is 0 Å². The summed E-state index contributed by atoms with van der Waals surface area (Å²) in [7, 11) is 2.12. The molecule has 1 N–H and O–H groups in total. The molecule has 0 radical (unpaired) electrons. The summed E-state index contributed by atoms with van der Waals surface area (Å²) >= 11 is 0. The molecular formula is C22H25FN4O2. The maximum Gasteiger partial charge on any atom is 0.247 e. The first kappa shape index (κ1) is 19.4. The topological polar surface area (TPSA) is 55.9 Å². The van der Waals surface area contributed by atoms with Gasteiger partial charge in [-0.25, -0.2) is 4.39 Å². The number of benzene rings is 2. The van der Waals surface area contributed by atoms with E-state index in [2.05, 4.69) is 22.2 Å². The molecule has 29 heavy (non-hydrogen) atoms. The number of anilines is 3. The second-order valence-electron chi connectivity index (χ2n) is 7.62. The van der Waals surface area contributed by atoms with E-state index < -0.39 is 6.04 Å². The summed E-state index contributed by atoms with van der Waals surface area (Å²) in [6.07, 6.45) is 0.749. The molecule has 2 aromatic carbocycles. The van der Waals surface area contributed by atoms with Gasteiger partial charge in [0.15, 0.2) is 0 Å². The molecule has 6 nitrogen and oxygen atoms in total. The highest BCUT2D eigenvalue weighted by atomic mass is 19.1. The minimum absolute atomic E-state index is 0.123. The van der Waals surface area contributed by atoms with Crippen LogP contribution < -0.4 is 15.1 Å². The number of hydrogen-bond acceptors (Lipinski definition) is 4. The lowest BCUT2D eigenvalue weighted by molar-refractivity contribution is -0.120. The van der Waals surface area contributed by atoms with Gasteiger partial charge in [-0.3, -0.25) is 14.5 Å². The summed E-state index contributed by atoms with van der Waals surface area (Å²) in [6, 6.07) is 12.9. The van der Waals surface area contributed by atoms with Crippen molar-refractivity contribution in [3.05, 3.63) is 54.3 Å². The largest absolute Gasteiger partial charge is 0.369 e. The van der Waals surface area contributed by atoms with E-state index in [0.29, 0.717) is 24.2 Å². The van der Waals surface area contributed by atoms with E-state index in [1.807, 2.05) is 24.3 Å². The van der Waals surface area contributed by atoms with Crippen LogP contribution in [0.25, 0.3) is 0 Å². The minimum atomic E-state index is -0.592. The van der Waals surface area contributed by atoms with Crippen LogP contribution in [-0.2, 0) is 9.59 Å². The number of piperazine rings is 1. The summed E-state index contributed by atoms with van der Waals surface area (Å²) < 4.78 is 13.2. The molecule has 2 aliphatic rings. The van der Waals surface area contributed by atoms with Crippen molar-refractivity contribution in [3.8, 4) is 0 Å². The molecule has 2 aliphatic heterocycles. The molecule has 2 saturated heterocycles. The number of nitrogens with one attached hydrogen (secondary N) is 1. The average Bonchev–Trinajstić information content (AvgIpc) is 3.11. The van der Waals surface area contributed by atoms with Crippen LogP contribution in [0.1, 0.15) is 12.8 Å². The predicted molar refractivity (Wildman–Crippen MR) is 112 cm³/mol. The number of rotatable bonds is 4. The first-order valence-corrected chi connectivity index (χ1v) is 9.93. The Balaban J connectivity index is 1.43. The Hall–Kier alpha value is -2.93.